The van der Waals surface area contributed by atoms with Gasteiger partial charge < -0.3 is 10.1 Å². The maximum atomic E-state index is 11.5. The molecule has 0 rings (SSSR count). The molecule has 0 saturated heterocycles. The number of amides is 1. The summed E-state index contributed by atoms with van der Waals surface area (Å²) in [6.45, 7) is 8.27. The summed E-state index contributed by atoms with van der Waals surface area (Å²) >= 11 is 0. The Labute approximate surface area is 121 Å². The van der Waals surface area contributed by atoms with Crippen LogP contribution >= 0.6 is 0 Å². The zero-order valence-electron chi connectivity index (χ0n) is 13.0. The topological polar surface area (TPSA) is 72.5 Å². The molecule has 0 fully saturated rings. The SMILES string of the molecule is CC(C)C(=O)CCOCCCC(=O)CNC(=O)C(C)C. The standard InChI is InChI=1S/C15H27NO4/c1-11(2)14(18)7-9-20-8-5-6-13(17)10-16-15(19)12(3)4/h11-12H,5-10H2,1-4H3,(H,16,19). The molecule has 0 radical (unpaired) electrons. The predicted molar refractivity (Wildman–Crippen MR) is 77.4 cm³/mol. The van der Waals surface area contributed by atoms with Crippen molar-refractivity contribution in [1.29, 1.82) is 0 Å². The molecule has 5 heteroatoms. The van der Waals surface area contributed by atoms with Gasteiger partial charge in [-0.25, -0.2) is 0 Å². The third kappa shape index (κ3) is 9.67. The van der Waals surface area contributed by atoms with Gasteiger partial charge in [-0.15, -0.1) is 0 Å². The fourth-order valence-corrected chi connectivity index (χ4v) is 1.41. The Hall–Kier alpha value is -1.23. The van der Waals surface area contributed by atoms with Crippen molar-refractivity contribution < 1.29 is 19.1 Å². The molecule has 0 aliphatic rings. The second kappa shape index (κ2) is 10.5. The van der Waals surface area contributed by atoms with E-state index in [1.54, 1.807) is 13.8 Å². The minimum Gasteiger partial charge on any atom is -0.381 e. The number of hydrogen-bond acceptors (Lipinski definition) is 4. The molecule has 0 heterocycles. The van der Waals surface area contributed by atoms with Gasteiger partial charge in [-0.2, -0.15) is 0 Å². The molecule has 0 unspecified atom stereocenters. The summed E-state index contributed by atoms with van der Waals surface area (Å²) in [6.07, 6.45) is 1.43. The van der Waals surface area contributed by atoms with E-state index in [2.05, 4.69) is 5.32 Å². The van der Waals surface area contributed by atoms with Crippen molar-refractivity contribution in [1.82, 2.24) is 5.32 Å². The van der Waals surface area contributed by atoms with Crippen molar-refractivity contribution in [2.45, 2.75) is 47.0 Å². The van der Waals surface area contributed by atoms with E-state index in [1.165, 1.54) is 0 Å². The molecule has 0 aromatic heterocycles. The van der Waals surface area contributed by atoms with Crippen molar-refractivity contribution in [3.8, 4) is 0 Å². The minimum absolute atomic E-state index is 0.000793. The lowest BCUT2D eigenvalue weighted by Gasteiger charge is -2.07. The number of carbonyl (C=O) groups excluding carboxylic acids is 3. The van der Waals surface area contributed by atoms with Gasteiger partial charge in [-0.3, -0.25) is 14.4 Å². The van der Waals surface area contributed by atoms with Crippen molar-refractivity contribution in [2.24, 2.45) is 11.8 Å². The van der Waals surface area contributed by atoms with Crippen LogP contribution in [0.25, 0.3) is 0 Å². The monoisotopic (exact) mass is 285 g/mol. The van der Waals surface area contributed by atoms with Crippen LogP contribution in [0.4, 0.5) is 0 Å². The maximum Gasteiger partial charge on any atom is 0.222 e. The molecular weight excluding hydrogens is 258 g/mol. The zero-order valence-corrected chi connectivity index (χ0v) is 13.0. The summed E-state index contributed by atoms with van der Waals surface area (Å²) in [5.74, 6) is 0.0227. The van der Waals surface area contributed by atoms with E-state index in [0.717, 1.165) is 0 Å². The van der Waals surface area contributed by atoms with E-state index < -0.39 is 0 Å². The van der Waals surface area contributed by atoms with Crippen LogP contribution in [-0.4, -0.2) is 37.2 Å². The van der Waals surface area contributed by atoms with Gasteiger partial charge in [0.25, 0.3) is 0 Å². The molecule has 0 spiro atoms. The molecule has 0 aliphatic carbocycles. The predicted octanol–water partition coefficient (Wildman–Crippen LogP) is 1.74. The van der Waals surface area contributed by atoms with Gasteiger partial charge >= 0.3 is 0 Å². The van der Waals surface area contributed by atoms with E-state index >= 15 is 0 Å². The van der Waals surface area contributed by atoms with E-state index in [1.807, 2.05) is 13.8 Å². The molecular formula is C15H27NO4. The smallest absolute Gasteiger partial charge is 0.222 e. The molecule has 0 bridgehead atoms. The molecule has 20 heavy (non-hydrogen) atoms. The Morgan fingerprint density at radius 3 is 2.15 bits per heavy atom. The Morgan fingerprint density at radius 2 is 1.60 bits per heavy atom. The highest BCUT2D eigenvalue weighted by molar-refractivity contribution is 5.86. The average Bonchev–Trinajstić information content (AvgIpc) is 2.39. The van der Waals surface area contributed by atoms with Gasteiger partial charge in [-0.1, -0.05) is 27.7 Å². The lowest BCUT2D eigenvalue weighted by atomic mass is 10.1. The molecule has 0 aromatic rings. The Kier molecular flexibility index (Phi) is 9.90. The van der Waals surface area contributed by atoms with Crippen LogP contribution in [0.15, 0.2) is 0 Å². The largest absolute Gasteiger partial charge is 0.381 e. The zero-order chi connectivity index (χ0) is 15.5. The van der Waals surface area contributed by atoms with Crippen LogP contribution in [0.3, 0.4) is 0 Å². The summed E-state index contributed by atoms with van der Waals surface area (Å²) in [7, 11) is 0. The Bertz CT molecular complexity index is 324. The van der Waals surface area contributed by atoms with Gasteiger partial charge in [-0.05, 0) is 6.42 Å². The number of ketones is 2. The quantitative estimate of drug-likeness (QED) is 0.587. The molecule has 1 N–H and O–H groups in total. The van der Waals surface area contributed by atoms with Gasteiger partial charge in [0.05, 0.1) is 13.2 Å². The van der Waals surface area contributed by atoms with Crippen LogP contribution in [-0.2, 0) is 19.1 Å². The van der Waals surface area contributed by atoms with Gasteiger partial charge in [0.1, 0.15) is 5.78 Å². The molecule has 0 saturated carbocycles. The van der Waals surface area contributed by atoms with Crippen molar-refractivity contribution >= 4 is 17.5 Å². The number of carbonyl (C=O) groups is 3. The van der Waals surface area contributed by atoms with E-state index in [9.17, 15) is 14.4 Å². The van der Waals surface area contributed by atoms with Gasteiger partial charge in [0.15, 0.2) is 5.78 Å². The molecule has 116 valence electrons. The second-order valence-electron chi connectivity index (χ2n) is 5.50. The first-order valence-corrected chi connectivity index (χ1v) is 7.24. The Morgan fingerprint density at radius 1 is 0.950 bits per heavy atom. The maximum absolute atomic E-state index is 11.5. The molecule has 5 nitrogen and oxygen atoms in total. The summed E-state index contributed by atoms with van der Waals surface area (Å²) in [6, 6.07) is 0. The third-order valence-electron chi connectivity index (χ3n) is 2.87. The summed E-state index contributed by atoms with van der Waals surface area (Å²) < 4.78 is 5.31. The lowest BCUT2D eigenvalue weighted by Crippen LogP contribution is -2.32. The summed E-state index contributed by atoms with van der Waals surface area (Å²) in [4.78, 5) is 34.1. The van der Waals surface area contributed by atoms with E-state index in [4.69, 9.17) is 4.74 Å². The highest BCUT2D eigenvalue weighted by Gasteiger charge is 2.09. The van der Waals surface area contributed by atoms with Crippen molar-refractivity contribution in [2.75, 3.05) is 19.8 Å². The second-order valence-corrected chi connectivity index (χ2v) is 5.50. The van der Waals surface area contributed by atoms with Crippen LogP contribution in [0, 0.1) is 11.8 Å². The van der Waals surface area contributed by atoms with Gasteiger partial charge in [0, 0.05) is 31.3 Å². The molecule has 1 amide bonds. The Balaban J connectivity index is 3.49. The fourth-order valence-electron chi connectivity index (χ4n) is 1.41. The van der Waals surface area contributed by atoms with Gasteiger partial charge in [0.2, 0.25) is 5.91 Å². The van der Waals surface area contributed by atoms with Crippen LogP contribution in [0.1, 0.15) is 47.0 Å². The lowest BCUT2D eigenvalue weighted by molar-refractivity contribution is -0.127. The highest BCUT2D eigenvalue weighted by atomic mass is 16.5. The fraction of sp³-hybridized carbons (Fsp3) is 0.800. The number of rotatable bonds is 11. The molecule has 0 atom stereocenters. The normalized spacial score (nSPS) is 10.9. The number of ether oxygens (including phenoxy) is 1. The summed E-state index contributed by atoms with van der Waals surface area (Å²) in [5, 5.41) is 2.59. The van der Waals surface area contributed by atoms with Crippen LogP contribution in [0.2, 0.25) is 0 Å². The first kappa shape index (κ1) is 18.8. The number of hydrogen-bond donors (Lipinski definition) is 1. The number of Topliss-reactive ketones (excluding diaryl/α,β-unsaturated/α-hetero) is 2. The average molecular weight is 285 g/mol. The van der Waals surface area contributed by atoms with Crippen LogP contribution in [0.5, 0.6) is 0 Å². The first-order chi connectivity index (χ1) is 9.34. The van der Waals surface area contributed by atoms with E-state index in [0.29, 0.717) is 32.5 Å². The van der Waals surface area contributed by atoms with Crippen molar-refractivity contribution in [3.63, 3.8) is 0 Å². The summed E-state index contributed by atoms with van der Waals surface area (Å²) in [5.41, 5.74) is 0. The molecule has 0 aromatic carbocycles. The minimum atomic E-state index is -0.109. The van der Waals surface area contributed by atoms with Crippen LogP contribution < -0.4 is 5.32 Å². The van der Waals surface area contributed by atoms with E-state index in [-0.39, 0.29) is 35.9 Å². The highest BCUT2D eigenvalue weighted by Crippen LogP contribution is 2.00. The van der Waals surface area contributed by atoms with Crippen molar-refractivity contribution in [3.05, 3.63) is 0 Å². The first-order valence-electron chi connectivity index (χ1n) is 7.24. The molecule has 0 aliphatic heterocycles. The number of nitrogens with one attached hydrogen (secondary N) is 1. The third-order valence-corrected chi connectivity index (χ3v) is 2.87.